The molecule has 2 N–H and O–H groups in total. The van der Waals surface area contributed by atoms with Crippen LogP contribution < -0.4 is 0 Å². The van der Waals surface area contributed by atoms with Gasteiger partial charge in [0.05, 0.1) is 48.0 Å². The van der Waals surface area contributed by atoms with Gasteiger partial charge in [-0.25, -0.2) is 0 Å². The average molecular weight is 429 g/mol. The molecule has 3 unspecified atom stereocenters. The summed E-state index contributed by atoms with van der Waals surface area (Å²) >= 11 is 1.94. The lowest BCUT2D eigenvalue weighted by Gasteiger charge is -2.49. The number of benzene rings is 1. The van der Waals surface area contributed by atoms with Gasteiger partial charge in [-0.15, -0.1) is 0 Å². The van der Waals surface area contributed by atoms with Gasteiger partial charge in [-0.05, 0) is 19.4 Å². The van der Waals surface area contributed by atoms with Gasteiger partial charge in [0.15, 0.2) is 0 Å². The van der Waals surface area contributed by atoms with E-state index in [1.807, 2.05) is 46.6 Å². The van der Waals surface area contributed by atoms with E-state index in [0.29, 0.717) is 18.1 Å². The fraction of sp³-hybridized carbons (Fsp3) is 0.650. The maximum atomic E-state index is 12.6. The van der Waals surface area contributed by atoms with Gasteiger partial charge < -0.3 is 18.5 Å². The van der Waals surface area contributed by atoms with Gasteiger partial charge in [0.2, 0.25) is 0 Å². The Labute approximate surface area is 165 Å². The van der Waals surface area contributed by atoms with Crippen molar-refractivity contribution in [2.75, 3.05) is 13.7 Å². The number of halogens is 1. The smallest absolute Gasteiger partial charge is 0.316 e. The fourth-order valence-electron chi connectivity index (χ4n) is 4.82. The molecule has 1 aromatic carbocycles. The third-order valence-corrected chi connectivity index (χ3v) is 6.54. The molecule has 3 atom stereocenters. The van der Waals surface area contributed by atoms with Gasteiger partial charge in [-0.1, -0.05) is 30.3 Å². The van der Waals surface area contributed by atoms with E-state index < -0.39 is 5.92 Å². The van der Waals surface area contributed by atoms with Crippen molar-refractivity contribution in [3.05, 3.63) is 35.9 Å². The summed E-state index contributed by atoms with van der Waals surface area (Å²) in [4.78, 5) is 12.6. The van der Waals surface area contributed by atoms with Crippen LogP contribution in [-0.2, 0) is 9.53 Å². The van der Waals surface area contributed by atoms with Crippen molar-refractivity contribution in [2.45, 2.75) is 69.7 Å². The number of aliphatic hydroxyl groups excluding tert-OH is 1. The summed E-state index contributed by atoms with van der Waals surface area (Å²) in [6, 6.07) is 11.2. The van der Waals surface area contributed by atoms with Crippen LogP contribution in [0.1, 0.15) is 51.0 Å². The van der Waals surface area contributed by atoms with Gasteiger partial charge in [0.25, 0.3) is 0 Å². The van der Waals surface area contributed by atoms with Crippen LogP contribution in [0.25, 0.3) is 0 Å². The number of rotatable bonds is 5. The van der Waals surface area contributed by atoms with Crippen LogP contribution in [-0.4, -0.2) is 57.6 Å². The van der Waals surface area contributed by atoms with Crippen molar-refractivity contribution in [3.8, 4) is 0 Å². The molecule has 2 aliphatic rings. The molecule has 0 aliphatic carbocycles. The highest BCUT2D eigenvalue weighted by atomic mass is 79.9. The third-order valence-electron chi connectivity index (χ3n) is 6.54. The van der Waals surface area contributed by atoms with E-state index >= 15 is 0 Å². The summed E-state index contributed by atoms with van der Waals surface area (Å²) in [6.45, 7) is 4.39. The molecule has 0 spiro atoms. The van der Waals surface area contributed by atoms with Crippen LogP contribution >= 0.6 is 16.3 Å². The van der Waals surface area contributed by atoms with Crippen molar-refractivity contribution < 1.29 is 23.3 Å². The molecule has 0 radical (unpaired) electrons. The van der Waals surface area contributed by atoms with E-state index in [4.69, 9.17) is 8.93 Å². The lowest BCUT2D eigenvalue weighted by atomic mass is 9.94. The summed E-state index contributed by atoms with van der Waals surface area (Å²) in [7, 11) is 2.37. The minimum absolute atomic E-state index is 0.00212. The Kier molecular flexibility index (Phi) is 7.64. The zero-order chi connectivity index (χ0) is 19.3. The second kappa shape index (κ2) is 9.31. The zero-order valence-corrected chi connectivity index (χ0v) is 17.4. The van der Waals surface area contributed by atoms with Crippen LogP contribution in [0.2, 0.25) is 0 Å². The molecule has 2 saturated heterocycles. The first-order valence-electron chi connectivity index (χ1n) is 9.35. The van der Waals surface area contributed by atoms with E-state index in [1.54, 1.807) is 0 Å². The van der Waals surface area contributed by atoms with Crippen LogP contribution in [0.5, 0.6) is 0 Å². The van der Waals surface area contributed by atoms with Crippen LogP contribution in [0.4, 0.5) is 0 Å². The van der Waals surface area contributed by atoms with E-state index in [0.717, 1.165) is 22.9 Å². The predicted octanol–water partition coefficient (Wildman–Crippen LogP) is 3.14. The number of nitrogens with zero attached hydrogens (tertiary/aromatic N) is 1. The first-order chi connectivity index (χ1) is 12.5. The average Bonchev–Trinajstić information content (AvgIpc) is 2.83. The lowest BCUT2D eigenvalue weighted by molar-refractivity contribution is -0.968. The Morgan fingerprint density at radius 2 is 1.73 bits per heavy atom. The number of carbonyl (C=O) groups excluding carboxylic acids is 1. The Balaban J connectivity index is 0.00000117. The van der Waals surface area contributed by atoms with Crippen LogP contribution in [0.15, 0.2) is 30.3 Å². The van der Waals surface area contributed by atoms with Crippen molar-refractivity contribution in [1.82, 2.24) is 0 Å². The summed E-state index contributed by atoms with van der Waals surface area (Å²) in [5.74, 6) is -0.856. The third kappa shape index (κ3) is 4.14. The second-order valence-corrected chi connectivity index (χ2v) is 7.88. The maximum absolute atomic E-state index is 12.6. The van der Waals surface area contributed by atoms with Crippen molar-refractivity contribution in [2.24, 2.45) is 0 Å². The number of hydrogen-bond donors (Lipinski definition) is 2. The molecular weight excluding hydrogens is 398 g/mol. The lowest BCUT2D eigenvalue weighted by Crippen LogP contribution is -2.62. The number of hydrogen-bond acceptors (Lipinski definition) is 4. The molecule has 3 rings (SSSR count). The van der Waals surface area contributed by atoms with E-state index in [-0.39, 0.29) is 18.7 Å². The highest BCUT2D eigenvalue weighted by molar-refractivity contribution is 9.05. The molecular formula is C20H31BrNO4+. The van der Waals surface area contributed by atoms with Gasteiger partial charge in [-0.3, -0.25) is 4.79 Å². The minimum atomic E-state index is -0.572. The number of fused-ring (bicyclic) bond motifs is 2. The van der Waals surface area contributed by atoms with Crippen molar-refractivity contribution in [1.29, 1.82) is 0 Å². The Morgan fingerprint density at radius 1 is 1.19 bits per heavy atom. The molecule has 26 heavy (non-hydrogen) atoms. The molecule has 0 saturated carbocycles. The fourth-order valence-corrected chi connectivity index (χ4v) is 4.82. The Hall–Kier alpha value is -0.950. The largest absolute Gasteiger partial charge is 0.461 e. The van der Waals surface area contributed by atoms with Crippen LogP contribution in [0, 0.1) is 0 Å². The predicted molar refractivity (Wildman–Crippen MR) is 105 cm³/mol. The van der Waals surface area contributed by atoms with Gasteiger partial charge >= 0.3 is 5.97 Å². The molecule has 146 valence electrons. The van der Waals surface area contributed by atoms with Gasteiger partial charge in [0, 0.05) is 25.7 Å². The summed E-state index contributed by atoms with van der Waals surface area (Å²) in [5.41, 5.74) is 0.826. The Morgan fingerprint density at radius 3 is 2.19 bits per heavy atom. The topological polar surface area (TPSA) is 66.8 Å². The van der Waals surface area contributed by atoms with E-state index in [9.17, 15) is 9.90 Å². The molecule has 6 heteroatoms. The minimum Gasteiger partial charge on any atom is -0.461 e. The number of carbonyl (C=O) groups is 1. The van der Waals surface area contributed by atoms with Crippen molar-refractivity contribution >= 4 is 22.2 Å². The standard InChI is InChI=1S/C20H30NO3.BrHO/c1-14(2)21(3)16-9-10-17(21)12-18(11-16)24-20(23)19(13-22)15-7-5-4-6-8-15;1-2/h4-8,14,16-19,22H,9-13H2,1-3H3;2H/q+1;. The molecule has 2 bridgehead atoms. The first-order valence-corrected chi connectivity index (χ1v) is 10.1. The molecule has 2 heterocycles. The normalized spacial score (nSPS) is 31.1. The number of aliphatic hydroxyl groups is 1. The number of esters is 1. The monoisotopic (exact) mass is 428 g/mol. The summed E-state index contributed by atoms with van der Waals surface area (Å²) in [6.07, 6.45) is 4.36. The molecule has 5 nitrogen and oxygen atoms in total. The number of piperidine rings is 1. The first kappa shape index (κ1) is 21.4. The second-order valence-electron chi connectivity index (χ2n) is 7.88. The molecule has 2 fully saturated rings. The molecule has 1 aromatic rings. The van der Waals surface area contributed by atoms with E-state index in [2.05, 4.69) is 20.9 Å². The summed E-state index contributed by atoms with van der Waals surface area (Å²) in [5, 5.41) is 9.65. The zero-order valence-electron chi connectivity index (χ0n) is 15.8. The Bertz CT molecular complexity index is 566. The number of quaternary nitrogens is 1. The summed E-state index contributed by atoms with van der Waals surface area (Å²) < 4.78 is 13.8. The van der Waals surface area contributed by atoms with Crippen molar-refractivity contribution in [3.63, 3.8) is 0 Å². The molecule has 0 amide bonds. The highest BCUT2D eigenvalue weighted by Crippen LogP contribution is 2.44. The molecule has 2 aliphatic heterocycles. The number of ether oxygens (including phenoxy) is 1. The van der Waals surface area contributed by atoms with E-state index in [1.165, 1.54) is 12.8 Å². The molecule has 0 aromatic heterocycles. The van der Waals surface area contributed by atoms with Gasteiger partial charge in [-0.2, -0.15) is 0 Å². The quantitative estimate of drug-likeness (QED) is 0.558. The highest BCUT2D eigenvalue weighted by Gasteiger charge is 2.53. The van der Waals surface area contributed by atoms with Gasteiger partial charge in [0.1, 0.15) is 12.0 Å². The maximum Gasteiger partial charge on any atom is 0.316 e. The SMILES string of the molecule is CC(C)[N+]1(C)C2CCC1CC(OC(=O)C(CO)c1ccccc1)C2.OBr. The van der Waals surface area contributed by atoms with Crippen LogP contribution in [0.3, 0.4) is 0 Å².